The number of hydrogen-bond donors (Lipinski definition) is 2. The molecular formula is C16H20N2O3. The Balaban J connectivity index is 1.91. The molecule has 1 aromatic heterocycles. The fourth-order valence-corrected chi connectivity index (χ4v) is 2.53. The normalized spacial score (nSPS) is 15.0. The molecule has 1 atom stereocenters. The Morgan fingerprint density at radius 2 is 2.05 bits per heavy atom. The number of hydrogen-bond acceptors (Lipinski definition) is 5. The number of nitrogens with zero attached hydrogens (tertiary/aromatic N) is 1. The SMILES string of the molecule is CC(CCCO)Nc1nccc2cc3c(cc12)OCCO3. The van der Waals surface area contributed by atoms with Crippen molar-refractivity contribution in [2.45, 2.75) is 25.8 Å². The van der Waals surface area contributed by atoms with Gasteiger partial charge in [-0.25, -0.2) is 4.98 Å². The third-order valence-electron chi connectivity index (χ3n) is 3.61. The quantitative estimate of drug-likeness (QED) is 0.885. The lowest BCUT2D eigenvalue weighted by atomic mass is 10.1. The van der Waals surface area contributed by atoms with Crippen molar-refractivity contribution in [3.63, 3.8) is 0 Å². The van der Waals surface area contributed by atoms with Gasteiger partial charge < -0.3 is 19.9 Å². The van der Waals surface area contributed by atoms with Crippen LogP contribution in [0.15, 0.2) is 24.4 Å². The van der Waals surface area contributed by atoms with Crippen LogP contribution >= 0.6 is 0 Å². The molecule has 2 aromatic rings. The van der Waals surface area contributed by atoms with Crippen LogP contribution in [0.1, 0.15) is 19.8 Å². The van der Waals surface area contributed by atoms with Gasteiger partial charge in [0, 0.05) is 24.2 Å². The van der Waals surface area contributed by atoms with Gasteiger partial charge in [-0.1, -0.05) is 0 Å². The molecule has 1 unspecified atom stereocenters. The molecule has 21 heavy (non-hydrogen) atoms. The van der Waals surface area contributed by atoms with Crippen molar-refractivity contribution >= 4 is 16.6 Å². The standard InChI is InChI=1S/C16H20N2O3/c1-11(3-2-6-19)18-16-13-10-15-14(20-7-8-21-15)9-12(13)4-5-17-16/h4-5,9-11,19H,2-3,6-8H2,1H3,(H,17,18). The van der Waals surface area contributed by atoms with E-state index in [4.69, 9.17) is 14.6 Å². The summed E-state index contributed by atoms with van der Waals surface area (Å²) in [5.41, 5.74) is 0. The number of aromatic nitrogens is 1. The number of anilines is 1. The van der Waals surface area contributed by atoms with Crippen LogP contribution in [0.5, 0.6) is 11.5 Å². The Morgan fingerprint density at radius 3 is 2.81 bits per heavy atom. The third-order valence-corrected chi connectivity index (χ3v) is 3.61. The summed E-state index contributed by atoms with van der Waals surface area (Å²) < 4.78 is 11.3. The zero-order valence-corrected chi connectivity index (χ0v) is 12.1. The van der Waals surface area contributed by atoms with E-state index in [1.165, 1.54) is 0 Å². The molecule has 2 N–H and O–H groups in total. The average molecular weight is 288 g/mol. The van der Waals surface area contributed by atoms with Gasteiger partial charge in [-0.15, -0.1) is 0 Å². The van der Waals surface area contributed by atoms with Crippen LogP contribution in [0.2, 0.25) is 0 Å². The van der Waals surface area contributed by atoms with Gasteiger partial charge in [0.15, 0.2) is 11.5 Å². The van der Waals surface area contributed by atoms with Crippen LogP contribution < -0.4 is 14.8 Å². The highest BCUT2D eigenvalue weighted by atomic mass is 16.6. The second-order valence-corrected chi connectivity index (χ2v) is 5.29. The summed E-state index contributed by atoms with van der Waals surface area (Å²) in [6.45, 7) is 3.48. The topological polar surface area (TPSA) is 63.6 Å². The fraction of sp³-hybridized carbons (Fsp3) is 0.438. The molecule has 0 saturated carbocycles. The van der Waals surface area contributed by atoms with E-state index in [0.29, 0.717) is 13.2 Å². The van der Waals surface area contributed by atoms with Gasteiger partial charge in [0.1, 0.15) is 19.0 Å². The number of aliphatic hydroxyl groups is 1. The molecule has 0 amide bonds. The summed E-state index contributed by atoms with van der Waals surface area (Å²) in [7, 11) is 0. The largest absolute Gasteiger partial charge is 0.486 e. The summed E-state index contributed by atoms with van der Waals surface area (Å²) >= 11 is 0. The minimum Gasteiger partial charge on any atom is -0.486 e. The van der Waals surface area contributed by atoms with Gasteiger partial charge in [0.25, 0.3) is 0 Å². The third kappa shape index (κ3) is 3.03. The van der Waals surface area contributed by atoms with E-state index in [1.807, 2.05) is 18.2 Å². The maximum atomic E-state index is 8.91. The molecule has 5 heteroatoms. The lowest BCUT2D eigenvalue weighted by Crippen LogP contribution is -2.17. The molecule has 1 aliphatic rings. The van der Waals surface area contributed by atoms with Crippen molar-refractivity contribution < 1.29 is 14.6 Å². The van der Waals surface area contributed by atoms with E-state index >= 15 is 0 Å². The molecule has 0 bridgehead atoms. The maximum absolute atomic E-state index is 8.91. The molecule has 3 rings (SSSR count). The predicted octanol–water partition coefficient (Wildman–Crippen LogP) is 2.58. The van der Waals surface area contributed by atoms with Crippen LogP contribution in [0.25, 0.3) is 10.8 Å². The highest BCUT2D eigenvalue weighted by Crippen LogP contribution is 2.36. The van der Waals surface area contributed by atoms with Gasteiger partial charge in [-0.05, 0) is 43.4 Å². The summed E-state index contributed by atoms with van der Waals surface area (Å²) in [6, 6.07) is 6.20. The number of fused-ring (bicyclic) bond motifs is 2. The van der Waals surface area contributed by atoms with Crippen molar-refractivity contribution in [3.05, 3.63) is 24.4 Å². The highest BCUT2D eigenvalue weighted by Gasteiger charge is 2.15. The molecular weight excluding hydrogens is 268 g/mol. The Bertz CT molecular complexity index is 630. The number of rotatable bonds is 5. The first-order valence-electron chi connectivity index (χ1n) is 7.33. The molecule has 1 aliphatic heterocycles. The van der Waals surface area contributed by atoms with E-state index in [9.17, 15) is 0 Å². The number of pyridine rings is 1. The number of aliphatic hydroxyl groups excluding tert-OH is 1. The van der Waals surface area contributed by atoms with E-state index < -0.39 is 0 Å². The monoisotopic (exact) mass is 288 g/mol. The fourth-order valence-electron chi connectivity index (χ4n) is 2.53. The molecule has 0 spiro atoms. The molecule has 5 nitrogen and oxygen atoms in total. The maximum Gasteiger partial charge on any atom is 0.162 e. The van der Waals surface area contributed by atoms with Crippen molar-refractivity contribution in [3.8, 4) is 11.5 Å². The van der Waals surface area contributed by atoms with Gasteiger partial charge in [-0.2, -0.15) is 0 Å². The van der Waals surface area contributed by atoms with Crippen LogP contribution in [-0.2, 0) is 0 Å². The van der Waals surface area contributed by atoms with E-state index in [1.54, 1.807) is 6.20 Å². The zero-order valence-electron chi connectivity index (χ0n) is 12.1. The van der Waals surface area contributed by atoms with E-state index in [0.717, 1.165) is 40.9 Å². The second kappa shape index (κ2) is 6.18. The smallest absolute Gasteiger partial charge is 0.162 e. The van der Waals surface area contributed by atoms with Gasteiger partial charge >= 0.3 is 0 Å². The van der Waals surface area contributed by atoms with E-state index in [-0.39, 0.29) is 12.6 Å². The number of benzene rings is 1. The molecule has 0 fully saturated rings. The van der Waals surface area contributed by atoms with Crippen molar-refractivity contribution in [1.29, 1.82) is 0 Å². The predicted molar refractivity (Wildman–Crippen MR) is 82.1 cm³/mol. The molecule has 0 aliphatic carbocycles. The summed E-state index contributed by atoms with van der Waals surface area (Å²) in [5, 5.41) is 14.4. The minimum absolute atomic E-state index is 0.216. The lowest BCUT2D eigenvalue weighted by molar-refractivity contribution is 0.172. The van der Waals surface area contributed by atoms with Crippen LogP contribution in [0, 0.1) is 0 Å². The molecule has 1 aromatic carbocycles. The summed E-state index contributed by atoms with van der Waals surface area (Å²) in [5.74, 6) is 2.40. The van der Waals surface area contributed by atoms with E-state index in [2.05, 4.69) is 17.2 Å². The number of ether oxygens (including phenoxy) is 2. The summed E-state index contributed by atoms with van der Waals surface area (Å²) in [6.07, 6.45) is 3.48. The molecule has 0 saturated heterocycles. The minimum atomic E-state index is 0.216. The van der Waals surface area contributed by atoms with Crippen molar-refractivity contribution in [2.75, 3.05) is 25.1 Å². The van der Waals surface area contributed by atoms with Crippen LogP contribution in [-0.4, -0.2) is 36.0 Å². The van der Waals surface area contributed by atoms with Gasteiger partial charge in [-0.3, -0.25) is 0 Å². The Hall–Kier alpha value is -2.01. The van der Waals surface area contributed by atoms with Gasteiger partial charge in [0.2, 0.25) is 0 Å². The first kappa shape index (κ1) is 13.9. The summed E-state index contributed by atoms with van der Waals surface area (Å²) in [4.78, 5) is 4.43. The Morgan fingerprint density at radius 1 is 1.29 bits per heavy atom. The zero-order chi connectivity index (χ0) is 14.7. The number of nitrogens with one attached hydrogen (secondary N) is 1. The average Bonchev–Trinajstić information content (AvgIpc) is 2.51. The Kier molecular flexibility index (Phi) is 4.10. The Labute approximate surface area is 123 Å². The van der Waals surface area contributed by atoms with Crippen molar-refractivity contribution in [1.82, 2.24) is 4.98 Å². The molecule has 0 radical (unpaired) electrons. The van der Waals surface area contributed by atoms with Crippen LogP contribution in [0.3, 0.4) is 0 Å². The second-order valence-electron chi connectivity index (χ2n) is 5.29. The first-order chi connectivity index (χ1) is 10.3. The highest BCUT2D eigenvalue weighted by molar-refractivity contribution is 5.94. The lowest BCUT2D eigenvalue weighted by Gasteiger charge is -2.20. The molecule has 112 valence electrons. The first-order valence-corrected chi connectivity index (χ1v) is 7.33. The van der Waals surface area contributed by atoms with Crippen LogP contribution in [0.4, 0.5) is 5.82 Å². The van der Waals surface area contributed by atoms with Crippen molar-refractivity contribution in [2.24, 2.45) is 0 Å². The van der Waals surface area contributed by atoms with Gasteiger partial charge in [0.05, 0.1) is 0 Å². The molecule has 2 heterocycles.